The van der Waals surface area contributed by atoms with Gasteiger partial charge in [-0.05, 0) is 31.4 Å². The van der Waals surface area contributed by atoms with Gasteiger partial charge in [-0.15, -0.1) is 0 Å². The van der Waals surface area contributed by atoms with Crippen LogP contribution in [-0.4, -0.2) is 33.9 Å². The Bertz CT molecular complexity index is 955. The summed E-state index contributed by atoms with van der Waals surface area (Å²) in [7, 11) is 0. The second-order valence-corrected chi connectivity index (χ2v) is 7.54. The highest BCUT2D eigenvalue weighted by molar-refractivity contribution is 5.79. The first kappa shape index (κ1) is 18.4. The molecule has 0 spiro atoms. The SMILES string of the molecule is Cc1cccc(-c2cncc(C3CCCN(C(=O)Cc4ccccc4)C3)n2)c1. The van der Waals surface area contributed by atoms with Gasteiger partial charge in [0.05, 0.1) is 24.0 Å². The molecule has 0 radical (unpaired) electrons. The van der Waals surface area contributed by atoms with Crippen molar-refractivity contribution in [2.45, 2.75) is 32.1 Å². The van der Waals surface area contributed by atoms with Crippen LogP contribution in [0.25, 0.3) is 11.3 Å². The van der Waals surface area contributed by atoms with Gasteiger partial charge >= 0.3 is 0 Å². The molecule has 4 rings (SSSR count). The Balaban J connectivity index is 1.49. The van der Waals surface area contributed by atoms with E-state index in [9.17, 15) is 4.79 Å². The van der Waals surface area contributed by atoms with Gasteiger partial charge in [0, 0.05) is 30.8 Å². The zero-order valence-corrected chi connectivity index (χ0v) is 16.2. The first-order valence-corrected chi connectivity index (χ1v) is 9.90. The van der Waals surface area contributed by atoms with E-state index in [1.54, 1.807) is 0 Å². The third kappa shape index (κ3) is 4.28. The van der Waals surface area contributed by atoms with Crippen LogP contribution in [0.1, 0.15) is 35.6 Å². The van der Waals surface area contributed by atoms with E-state index in [2.05, 4.69) is 30.1 Å². The van der Waals surface area contributed by atoms with Crippen LogP contribution in [0.3, 0.4) is 0 Å². The number of hydrogen-bond donors (Lipinski definition) is 0. The number of aryl methyl sites for hydroxylation is 1. The van der Waals surface area contributed by atoms with Crippen LogP contribution in [0.4, 0.5) is 0 Å². The van der Waals surface area contributed by atoms with Gasteiger partial charge in [-0.25, -0.2) is 4.98 Å². The van der Waals surface area contributed by atoms with Crippen LogP contribution < -0.4 is 0 Å². The first-order chi connectivity index (χ1) is 13.7. The Labute approximate surface area is 166 Å². The summed E-state index contributed by atoms with van der Waals surface area (Å²) >= 11 is 0. The summed E-state index contributed by atoms with van der Waals surface area (Å²) in [6.07, 6.45) is 6.18. The van der Waals surface area contributed by atoms with Gasteiger partial charge in [0.1, 0.15) is 0 Å². The number of carbonyl (C=O) groups excluding carboxylic acids is 1. The fraction of sp³-hybridized carbons (Fsp3) is 0.292. The molecular formula is C24H25N3O. The maximum absolute atomic E-state index is 12.8. The number of benzene rings is 2. The number of piperidine rings is 1. The molecule has 142 valence electrons. The maximum Gasteiger partial charge on any atom is 0.227 e. The fourth-order valence-electron chi connectivity index (χ4n) is 3.85. The van der Waals surface area contributed by atoms with Crippen LogP contribution in [0.2, 0.25) is 0 Å². The molecule has 28 heavy (non-hydrogen) atoms. The summed E-state index contributed by atoms with van der Waals surface area (Å²) in [4.78, 5) is 24.1. The first-order valence-electron chi connectivity index (χ1n) is 9.90. The molecule has 2 aromatic carbocycles. The molecular weight excluding hydrogens is 346 g/mol. The largest absolute Gasteiger partial charge is 0.342 e. The van der Waals surface area contributed by atoms with E-state index in [4.69, 9.17) is 4.98 Å². The smallest absolute Gasteiger partial charge is 0.227 e. The summed E-state index contributed by atoms with van der Waals surface area (Å²) < 4.78 is 0. The Morgan fingerprint density at radius 1 is 1.11 bits per heavy atom. The van der Waals surface area contributed by atoms with Gasteiger partial charge in [0.15, 0.2) is 0 Å². The molecule has 1 aromatic heterocycles. The van der Waals surface area contributed by atoms with Crippen molar-refractivity contribution in [1.82, 2.24) is 14.9 Å². The molecule has 1 amide bonds. The van der Waals surface area contributed by atoms with Crippen molar-refractivity contribution >= 4 is 5.91 Å². The highest BCUT2D eigenvalue weighted by Crippen LogP contribution is 2.27. The predicted octanol–water partition coefficient (Wildman–Crippen LogP) is 4.40. The van der Waals surface area contributed by atoms with E-state index in [0.717, 1.165) is 48.4 Å². The van der Waals surface area contributed by atoms with Crippen LogP contribution in [-0.2, 0) is 11.2 Å². The van der Waals surface area contributed by atoms with Gasteiger partial charge < -0.3 is 4.90 Å². The number of carbonyl (C=O) groups is 1. The quantitative estimate of drug-likeness (QED) is 0.683. The molecule has 1 fully saturated rings. The molecule has 1 unspecified atom stereocenters. The lowest BCUT2D eigenvalue weighted by atomic mass is 9.94. The number of likely N-dealkylation sites (tertiary alicyclic amines) is 1. The summed E-state index contributed by atoms with van der Waals surface area (Å²) in [6, 6.07) is 18.3. The summed E-state index contributed by atoms with van der Waals surface area (Å²) in [6.45, 7) is 3.63. The third-order valence-corrected chi connectivity index (χ3v) is 5.36. The molecule has 1 atom stereocenters. The van der Waals surface area contributed by atoms with E-state index in [1.807, 2.05) is 53.7 Å². The van der Waals surface area contributed by atoms with Crippen LogP contribution >= 0.6 is 0 Å². The van der Waals surface area contributed by atoms with E-state index < -0.39 is 0 Å². The van der Waals surface area contributed by atoms with E-state index in [0.29, 0.717) is 6.42 Å². The second kappa shape index (κ2) is 8.34. The summed E-state index contributed by atoms with van der Waals surface area (Å²) in [5.41, 5.74) is 5.24. The third-order valence-electron chi connectivity index (χ3n) is 5.36. The van der Waals surface area contributed by atoms with Crippen LogP contribution in [0.5, 0.6) is 0 Å². The molecule has 4 nitrogen and oxygen atoms in total. The molecule has 0 bridgehead atoms. The van der Waals surface area contributed by atoms with Crippen molar-refractivity contribution < 1.29 is 4.79 Å². The number of amides is 1. The van der Waals surface area contributed by atoms with E-state index >= 15 is 0 Å². The van der Waals surface area contributed by atoms with Crippen molar-refractivity contribution in [3.8, 4) is 11.3 Å². The lowest BCUT2D eigenvalue weighted by molar-refractivity contribution is -0.131. The molecule has 1 aliphatic rings. The minimum atomic E-state index is 0.193. The number of rotatable bonds is 4. The van der Waals surface area contributed by atoms with Crippen molar-refractivity contribution in [3.05, 3.63) is 83.8 Å². The normalized spacial score (nSPS) is 16.8. The minimum Gasteiger partial charge on any atom is -0.342 e. The molecule has 2 heterocycles. The second-order valence-electron chi connectivity index (χ2n) is 7.54. The lowest BCUT2D eigenvalue weighted by Crippen LogP contribution is -2.40. The Hall–Kier alpha value is -3.01. The fourth-order valence-corrected chi connectivity index (χ4v) is 3.85. The van der Waals surface area contributed by atoms with Crippen molar-refractivity contribution in [2.75, 3.05) is 13.1 Å². The van der Waals surface area contributed by atoms with Gasteiger partial charge in [-0.3, -0.25) is 9.78 Å². The topological polar surface area (TPSA) is 46.1 Å². The van der Waals surface area contributed by atoms with E-state index in [1.165, 1.54) is 5.56 Å². The maximum atomic E-state index is 12.8. The number of hydrogen-bond acceptors (Lipinski definition) is 3. The van der Waals surface area contributed by atoms with Crippen molar-refractivity contribution in [2.24, 2.45) is 0 Å². The van der Waals surface area contributed by atoms with Gasteiger partial charge in [-0.2, -0.15) is 0 Å². The van der Waals surface area contributed by atoms with Gasteiger partial charge in [-0.1, -0.05) is 54.1 Å². The highest BCUT2D eigenvalue weighted by Gasteiger charge is 2.26. The number of nitrogens with zero attached hydrogens (tertiary/aromatic N) is 3. The standard InChI is InChI=1S/C24H25N3O/c1-18-7-5-10-20(13-18)22-15-25-16-23(26-22)21-11-6-12-27(17-21)24(28)14-19-8-3-2-4-9-19/h2-5,7-10,13,15-16,21H,6,11-12,14,17H2,1H3. The number of aromatic nitrogens is 2. The molecule has 1 aliphatic heterocycles. The van der Waals surface area contributed by atoms with Crippen LogP contribution in [0.15, 0.2) is 67.0 Å². The Kier molecular flexibility index (Phi) is 5.47. The zero-order chi connectivity index (χ0) is 19.3. The van der Waals surface area contributed by atoms with Gasteiger partial charge in [0.2, 0.25) is 5.91 Å². The average Bonchev–Trinajstić information content (AvgIpc) is 2.75. The Morgan fingerprint density at radius 2 is 1.96 bits per heavy atom. The summed E-state index contributed by atoms with van der Waals surface area (Å²) in [5.74, 6) is 0.435. The Morgan fingerprint density at radius 3 is 2.79 bits per heavy atom. The average molecular weight is 371 g/mol. The highest BCUT2D eigenvalue weighted by atomic mass is 16.2. The molecule has 3 aromatic rings. The van der Waals surface area contributed by atoms with E-state index in [-0.39, 0.29) is 11.8 Å². The summed E-state index contributed by atoms with van der Waals surface area (Å²) in [5, 5.41) is 0. The van der Waals surface area contributed by atoms with Crippen molar-refractivity contribution in [1.29, 1.82) is 0 Å². The van der Waals surface area contributed by atoms with Crippen LogP contribution in [0, 0.1) is 6.92 Å². The minimum absolute atomic E-state index is 0.193. The molecule has 0 N–H and O–H groups in total. The molecule has 0 saturated carbocycles. The molecule has 1 saturated heterocycles. The lowest BCUT2D eigenvalue weighted by Gasteiger charge is -2.32. The zero-order valence-electron chi connectivity index (χ0n) is 16.2. The molecule has 4 heteroatoms. The van der Waals surface area contributed by atoms with Gasteiger partial charge in [0.25, 0.3) is 0 Å². The van der Waals surface area contributed by atoms with Crippen molar-refractivity contribution in [3.63, 3.8) is 0 Å². The predicted molar refractivity (Wildman–Crippen MR) is 111 cm³/mol. The monoisotopic (exact) mass is 371 g/mol. The molecule has 0 aliphatic carbocycles.